The molecule has 2 aromatic rings. The highest BCUT2D eigenvalue weighted by atomic mass is 16.1. The smallest absolute Gasteiger partial charge is 0.244 e. The largest absolute Gasteiger partial charge is 0.345 e. The molecule has 1 N–H and O–H groups in total. The van der Waals surface area contributed by atoms with Crippen LogP contribution in [-0.4, -0.2) is 46.2 Å². The fourth-order valence-electron chi connectivity index (χ4n) is 2.69. The van der Waals surface area contributed by atoms with Crippen LogP contribution >= 0.6 is 0 Å². The second kappa shape index (κ2) is 6.75. The van der Waals surface area contributed by atoms with Gasteiger partial charge in [-0.2, -0.15) is 0 Å². The van der Waals surface area contributed by atoms with Gasteiger partial charge in [-0.3, -0.25) is 9.36 Å². The lowest BCUT2D eigenvalue weighted by Gasteiger charge is -2.19. The average Bonchev–Trinajstić information content (AvgIpc) is 2.96. The van der Waals surface area contributed by atoms with Crippen LogP contribution in [0.1, 0.15) is 17.2 Å². The topological polar surface area (TPSA) is 63.1 Å². The van der Waals surface area contributed by atoms with Crippen molar-refractivity contribution in [3.63, 3.8) is 0 Å². The number of rotatable bonds is 5. The van der Waals surface area contributed by atoms with E-state index in [0.29, 0.717) is 6.54 Å². The highest BCUT2D eigenvalue weighted by Crippen LogP contribution is 2.24. The molecule has 0 atom stereocenters. The molecule has 23 heavy (non-hydrogen) atoms. The third-order valence-corrected chi connectivity index (χ3v) is 3.81. The number of nitrogens with zero attached hydrogens (tertiary/aromatic N) is 4. The molecule has 1 aromatic heterocycles. The summed E-state index contributed by atoms with van der Waals surface area (Å²) in [7, 11) is 3.92. The van der Waals surface area contributed by atoms with Gasteiger partial charge in [0.1, 0.15) is 5.82 Å². The Morgan fingerprint density at radius 2 is 2.13 bits per heavy atom. The molecule has 1 aliphatic rings. The summed E-state index contributed by atoms with van der Waals surface area (Å²) < 4.78 is 2.06. The molecule has 1 aliphatic heterocycles. The molecule has 0 radical (unpaired) electrons. The molecule has 1 amide bonds. The third-order valence-electron chi connectivity index (χ3n) is 3.81. The first-order valence-corrected chi connectivity index (χ1v) is 7.75. The summed E-state index contributed by atoms with van der Waals surface area (Å²) in [5, 5.41) is 11.4. The Morgan fingerprint density at radius 3 is 2.96 bits per heavy atom. The second-order valence-corrected chi connectivity index (χ2v) is 5.88. The van der Waals surface area contributed by atoms with Crippen LogP contribution in [0.4, 0.5) is 0 Å². The van der Waals surface area contributed by atoms with Crippen LogP contribution in [0.2, 0.25) is 0 Å². The lowest BCUT2D eigenvalue weighted by Crippen LogP contribution is -2.24. The molecule has 0 unspecified atom stereocenters. The van der Waals surface area contributed by atoms with Gasteiger partial charge < -0.3 is 10.2 Å². The van der Waals surface area contributed by atoms with Gasteiger partial charge in [-0.1, -0.05) is 24.3 Å². The number of aryl methyl sites for hydroxylation is 2. The fourth-order valence-corrected chi connectivity index (χ4v) is 2.69. The molecule has 2 heterocycles. The maximum atomic E-state index is 11.9. The van der Waals surface area contributed by atoms with E-state index in [1.54, 1.807) is 6.08 Å². The van der Waals surface area contributed by atoms with Crippen molar-refractivity contribution in [1.82, 2.24) is 25.0 Å². The van der Waals surface area contributed by atoms with Gasteiger partial charge in [-0.05, 0) is 32.1 Å². The lowest BCUT2D eigenvalue weighted by atomic mass is 10.0. The van der Waals surface area contributed by atoms with Crippen LogP contribution in [0, 0.1) is 0 Å². The molecule has 120 valence electrons. The summed E-state index contributed by atoms with van der Waals surface area (Å²) in [6.07, 6.45) is 5.25. The monoisotopic (exact) mass is 311 g/mol. The van der Waals surface area contributed by atoms with Crippen molar-refractivity contribution >= 4 is 5.91 Å². The first kappa shape index (κ1) is 15.4. The van der Waals surface area contributed by atoms with Gasteiger partial charge in [-0.25, -0.2) is 0 Å². The molecular weight excluding hydrogens is 290 g/mol. The third kappa shape index (κ3) is 3.48. The van der Waals surface area contributed by atoms with Gasteiger partial charge in [0.15, 0.2) is 5.82 Å². The van der Waals surface area contributed by atoms with Gasteiger partial charge in [0.05, 0.1) is 12.2 Å². The Bertz CT molecular complexity index is 732. The van der Waals surface area contributed by atoms with E-state index in [2.05, 4.69) is 32.2 Å². The maximum absolute atomic E-state index is 11.9. The van der Waals surface area contributed by atoms with E-state index in [4.69, 9.17) is 0 Å². The number of carbonyl (C=O) groups is 1. The summed E-state index contributed by atoms with van der Waals surface area (Å²) in [5.74, 6) is 1.60. The molecule has 0 aliphatic carbocycles. The zero-order valence-electron chi connectivity index (χ0n) is 13.5. The van der Waals surface area contributed by atoms with Crippen molar-refractivity contribution < 1.29 is 4.79 Å². The summed E-state index contributed by atoms with van der Waals surface area (Å²) >= 11 is 0. The SMILES string of the molecule is CN(C)C/C=C/C(=O)NCc1nnc2n1-c1ccccc1CC2. The summed E-state index contributed by atoms with van der Waals surface area (Å²) in [4.78, 5) is 13.9. The van der Waals surface area contributed by atoms with Crippen LogP contribution in [0.15, 0.2) is 36.4 Å². The average molecular weight is 311 g/mol. The minimum absolute atomic E-state index is 0.117. The van der Waals surface area contributed by atoms with E-state index in [1.165, 1.54) is 5.56 Å². The molecule has 1 aromatic carbocycles. The molecule has 0 spiro atoms. The molecule has 6 nitrogen and oxygen atoms in total. The normalized spacial score (nSPS) is 13.2. The standard InChI is InChI=1S/C17H21N5O/c1-21(2)11-5-8-17(23)18-12-16-20-19-15-10-9-13-6-3-4-7-14(13)22(15)16/h3-8H,9-12H2,1-2H3,(H,18,23)/b8-5+. The number of benzene rings is 1. The molecule has 0 saturated heterocycles. The second-order valence-electron chi connectivity index (χ2n) is 5.88. The predicted molar refractivity (Wildman–Crippen MR) is 88.3 cm³/mol. The van der Waals surface area contributed by atoms with E-state index in [9.17, 15) is 4.79 Å². The molecule has 3 rings (SSSR count). The molecule has 0 saturated carbocycles. The number of hydrogen-bond donors (Lipinski definition) is 1. The molecule has 6 heteroatoms. The van der Waals surface area contributed by atoms with E-state index in [0.717, 1.165) is 36.7 Å². The van der Waals surface area contributed by atoms with Crippen LogP contribution < -0.4 is 5.32 Å². The Kier molecular flexibility index (Phi) is 4.52. The van der Waals surface area contributed by atoms with Crippen molar-refractivity contribution in [2.45, 2.75) is 19.4 Å². The van der Waals surface area contributed by atoms with Gasteiger partial charge >= 0.3 is 0 Å². The van der Waals surface area contributed by atoms with Crippen molar-refractivity contribution in [2.75, 3.05) is 20.6 Å². The fraction of sp³-hybridized carbons (Fsp3) is 0.353. The van der Waals surface area contributed by atoms with E-state index >= 15 is 0 Å². The minimum atomic E-state index is -0.117. The highest BCUT2D eigenvalue weighted by molar-refractivity contribution is 5.87. The summed E-state index contributed by atoms with van der Waals surface area (Å²) in [6.45, 7) is 1.10. The predicted octanol–water partition coefficient (Wildman–Crippen LogP) is 1.10. The van der Waals surface area contributed by atoms with Crippen LogP contribution in [0.3, 0.4) is 0 Å². The zero-order valence-corrected chi connectivity index (χ0v) is 13.5. The van der Waals surface area contributed by atoms with Crippen molar-refractivity contribution in [1.29, 1.82) is 0 Å². The van der Waals surface area contributed by atoms with Crippen molar-refractivity contribution in [3.05, 3.63) is 53.6 Å². The van der Waals surface area contributed by atoms with Crippen LogP contribution in [0.25, 0.3) is 5.69 Å². The summed E-state index contributed by atoms with van der Waals surface area (Å²) in [5.41, 5.74) is 2.41. The number of carbonyl (C=O) groups excluding carboxylic acids is 1. The minimum Gasteiger partial charge on any atom is -0.345 e. The number of para-hydroxylation sites is 1. The van der Waals surface area contributed by atoms with Gasteiger partial charge in [-0.15, -0.1) is 10.2 Å². The Labute approximate surface area is 135 Å². The van der Waals surface area contributed by atoms with E-state index in [1.807, 2.05) is 37.2 Å². The van der Waals surface area contributed by atoms with Gasteiger partial charge in [0, 0.05) is 19.0 Å². The van der Waals surface area contributed by atoms with E-state index in [-0.39, 0.29) is 5.91 Å². The van der Waals surface area contributed by atoms with Crippen LogP contribution in [-0.2, 0) is 24.2 Å². The first-order chi connectivity index (χ1) is 11.1. The Morgan fingerprint density at radius 1 is 1.30 bits per heavy atom. The maximum Gasteiger partial charge on any atom is 0.244 e. The first-order valence-electron chi connectivity index (χ1n) is 7.75. The number of hydrogen-bond acceptors (Lipinski definition) is 4. The quantitative estimate of drug-likeness (QED) is 0.840. The van der Waals surface area contributed by atoms with Gasteiger partial charge in [0.25, 0.3) is 0 Å². The summed E-state index contributed by atoms with van der Waals surface area (Å²) in [6, 6.07) is 8.26. The highest BCUT2D eigenvalue weighted by Gasteiger charge is 2.20. The van der Waals surface area contributed by atoms with Crippen LogP contribution in [0.5, 0.6) is 0 Å². The Hall–Kier alpha value is -2.47. The molecule has 0 bridgehead atoms. The zero-order chi connectivity index (χ0) is 16.2. The number of fused-ring (bicyclic) bond motifs is 3. The molecular formula is C17H21N5O. The van der Waals surface area contributed by atoms with E-state index < -0.39 is 0 Å². The van der Waals surface area contributed by atoms with Gasteiger partial charge in [0.2, 0.25) is 5.91 Å². The number of likely N-dealkylation sites (N-methyl/N-ethyl adjacent to an activating group) is 1. The molecule has 0 fully saturated rings. The number of nitrogens with one attached hydrogen (secondary N) is 1. The van der Waals surface area contributed by atoms with Crippen molar-refractivity contribution in [2.24, 2.45) is 0 Å². The number of aromatic nitrogens is 3. The Balaban J connectivity index is 1.71. The number of amides is 1. The lowest BCUT2D eigenvalue weighted by molar-refractivity contribution is -0.116. The van der Waals surface area contributed by atoms with Crippen molar-refractivity contribution in [3.8, 4) is 5.69 Å².